The van der Waals surface area contributed by atoms with Gasteiger partial charge in [0, 0.05) is 6.04 Å². The van der Waals surface area contributed by atoms with E-state index in [0.29, 0.717) is 17.5 Å². The molecule has 2 atom stereocenters. The van der Waals surface area contributed by atoms with Crippen LogP contribution in [0, 0.1) is 17.2 Å². The van der Waals surface area contributed by atoms with Crippen molar-refractivity contribution in [1.82, 2.24) is 5.32 Å². The molecule has 0 aliphatic rings. The van der Waals surface area contributed by atoms with Gasteiger partial charge in [0.1, 0.15) is 0 Å². The SMILES string of the molecule is CCC(C)NCCCC(C#N)(c1ccc(OC)c(OC)c1)C(C)C. The molecule has 4 heteroatoms. The smallest absolute Gasteiger partial charge is 0.161 e. The van der Waals surface area contributed by atoms with Gasteiger partial charge in [-0.3, -0.25) is 0 Å². The predicted molar refractivity (Wildman–Crippen MR) is 98.7 cm³/mol. The molecule has 0 aromatic heterocycles. The number of methoxy groups -OCH3 is 2. The van der Waals surface area contributed by atoms with Gasteiger partial charge in [0.25, 0.3) is 0 Å². The molecule has 1 aromatic rings. The highest BCUT2D eigenvalue weighted by Gasteiger charge is 2.36. The Balaban J connectivity index is 3.02. The molecule has 134 valence electrons. The van der Waals surface area contributed by atoms with E-state index in [0.717, 1.165) is 31.4 Å². The third-order valence-corrected chi connectivity index (χ3v) is 4.94. The molecular weight excluding hydrogens is 300 g/mol. The van der Waals surface area contributed by atoms with E-state index in [1.807, 2.05) is 18.2 Å². The normalized spacial score (nSPS) is 14.8. The molecule has 0 heterocycles. The zero-order valence-corrected chi connectivity index (χ0v) is 16.0. The Morgan fingerprint density at radius 1 is 1.17 bits per heavy atom. The van der Waals surface area contributed by atoms with Crippen molar-refractivity contribution in [2.75, 3.05) is 20.8 Å². The van der Waals surface area contributed by atoms with Crippen molar-refractivity contribution in [3.8, 4) is 17.6 Å². The summed E-state index contributed by atoms with van der Waals surface area (Å²) in [6, 6.07) is 8.94. The van der Waals surface area contributed by atoms with Crippen LogP contribution in [0.25, 0.3) is 0 Å². The third kappa shape index (κ3) is 4.64. The van der Waals surface area contributed by atoms with Gasteiger partial charge in [-0.1, -0.05) is 26.8 Å². The predicted octanol–water partition coefficient (Wildman–Crippen LogP) is 4.29. The van der Waals surface area contributed by atoms with Crippen LogP contribution in [-0.4, -0.2) is 26.8 Å². The lowest BCUT2D eigenvalue weighted by atomic mass is 9.69. The van der Waals surface area contributed by atoms with Gasteiger partial charge in [0.05, 0.1) is 25.7 Å². The van der Waals surface area contributed by atoms with Crippen LogP contribution in [-0.2, 0) is 5.41 Å². The molecule has 0 saturated carbocycles. The van der Waals surface area contributed by atoms with E-state index in [4.69, 9.17) is 9.47 Å². The van der Waals surface area contributed by atoms with Crippen LogP contribution in [0.4, 0.5) is 0 Å². The molecule has 0 bridgehead atoms. The lowest BCUT2D eigenvalue weighted by molar-refractivity contribution is 0.339. The molecule has 1 aromatic carbocycles. The molecule has 2 unspecified atom stereocenters. The summed E-state index contributed by atoms with van der Waals surface area (Å²) in [5, 5.41) is 13.5. The van der Waals surface area contributed by atoms with Gasteiger partial charge in [0.2, 0.25) is 0 Å². The Morgan fingerprint density at radius 2 is 1.83 bits per heavy atom. The molecule has 1 N–H and O–H groups in total. The van der Waals surface area contributed by atoms with Crippen LogP contribution in [0.1, 0.15) is 52.5 Å². The minimum Gasteiger partial charge on any atom is -0.493 e. The number of nitriles is 1. The maximum absolute atomic E-state index is 10.0. The van der Waals surface area contributed by atoms with Crippen molar-refractivity contribution in [2.24, 2.45) is 5.92 Å². The van der Waals surface area contributed by atoms with Gasteiger partial charge in [-0.05, 0) is 56.3 Å². The summed E-state index contributed by atoms with van der Waals surface area (Å²) in [6.45, 7) is 9.52. The van der Waals surface area contributed by atoms with E-state index < -0.39 is 5.41 Å². The Labute approximate surface area is 147 Å². The topological polar surface area (TPSA) is 54.3 Å². The molecular formula is C20H32N2O2. The van der Waals surface area contributed by atoms with E-state index in [1.165, 1.54) is 0 Å². The Kier molecular flexibility index (Phi) is 8.07. The average Bonchev–Trinajstić information content (AvgIpc) is 2.60. The number of hydrogen-bond acceptors (Lipinski definition) is 4. The van der Waals surface area contributed by atoms with E-state index >= 15 is 0 Å². The summed E-state index contributed by atoms with van der Waals surface area (Å²) >= 11 is 0. The van der Waals surface area contributed by atoms with Crippen LogP contribution in [0.2, 0.25) is 0 Å². The van der Waals surface area contributed by atoms with E-state index in [-0.39, 0.29) is 5.92 Å². The second kappa shape index (κ2) is 9.54. The Bertz CT molecular complexity index is 551. The molecule has 4 nitrogen and oxygen atoms in total. The third-order valence-electron chi connectivity index (χ3n) is 4.94. The van der Waals surface area contributed by atoms with Crippen LogP contribution in [0.5, 0.6) is 11.5 Å². The summed E-state index contributed by atoms with van der Waals surface area (Å²) < 4.78 is 10.7. The second-order valence-corrected chi connectivity index (χ2v) is 6.67. The first-order valence-electron chi connectivity index (χ1n) is 8.82. The van der Waals surface area contributed by atoms with Crippen LogP contribution >= 0.6 is 0 Å². The van der Waals surface area contributed by atoms with E-state index in [2.05, 4.69) is 39.1 Å². The fraction of sp³-hybridized carbons (Fsp3) is 0.650. The quantitative estimate of drug-likeness (QED) is 0.649. The van der Waals surface area contributed by atoms with Crippen molar-refractivity contribution in [2.45, 2.75) is 58.4 Å². The molecule has 24 heavy (non-hydrogen) atoms. The van der Waals surface area contributed by atoms with Crippen LogP contribution in [0.3, 0.4) is 0 Å². The first-order chi connectivity index (χ1) is 11.4. The van der Waals surface area contributed by atoms with Gasteiger partial charge in [-0.25, -0.2) is 0 Å². The fourth-order valence-electron chi connectivity index (χ4n) is 2.99. The second-order valence-electron chi connectivity index (χ2n) is 6.67. The lowest BCUT2D eigenvalue weighted by Crippen LogP contribution is -2.33. The minimum atomic E-state index is -0.517. The molecule has 1 rings (SSSR count). The van der Waals surface area contributed by atoms with Gasteiger partial charge in [-0.2, -0.15) is 5.26 Å². The largest absolute Gasteiger partial charge is 0.493 e. The molecule has 0 radical (unpaired) electrons. The first kappa shape index (κ1) is 20.3. The van der Waals surface area contributed by atoms with Gasteiger partial charge < -0.3 is 14.8 Å². The number of nitrogens with zero attached hydrogens (tertiary/aromatic N) is 1. The molecule has 0 amide bonds. The minimum absolute atomic E-state index is 0.212. The highest BCUT2D eigenvalue weighted by molar-refractivity contribution is 5.47. The molecule has 0 aliphatic carbocycles. The standard InChI is InChI=1S/C20H32N2O2/c1-7-16(4)22-12-8-11-20(14-21,15(2)3)17-9-10-18(23-5)19(13-17)24-6/h9-10,13,15-16,22H,7-8,11-12H2,1-6H3. The monoisotopic (exact) mass is 332 g/mol. The lowest BCUT2D eigenvalue weighted by Gasteiger charge is -2.32. The fourth-order valence-corrected chi connectivity index (χ4v) is 2.99. The van der Waals surface area contributed by atoms with Gasteiger partial charge in [0.15, 0.2) is 11.5 Å². The van der Waals surface area contributed by atoms with Crippen molar-refractivity contribution >= 4 is 0 Å². The first-order valence-corrected chi connectivity index (χ1v) is 8.82. The molecule has 0 spiro atoms. The number of nitrogens with one attached hydrogen (secondary N) is 1. The molecule has 0 fully saturated rings. The van der Waals surface area contributed by atoms with Gasteiger partial charge in [-0.15, -0.1) is 0 Å². The Hall–Kier alpha value is -1.73. The highest BCUT2D eigenvalue weighted by atomic mass is 16.5. The maximum Gasteiger partial charge on any atom is 0.161 e. The number of benzene rings is 1. The zero-order valence-electron chi connectivity index (χ0n) is 16.0. The number of ether oxygens (including phenoxy) is 2. The van der Waals surface area contributed by atoms with Crippen molar-refractivity contribution in [3.05, 3.63) is 23.8 Å². The van der Waals surface area contributed by atoms with Crippen molar-refractivity contribution < 1.29 is 9.47 Å². The number of rotatable bonds is 10. The van der Waals surface area contributed by atoms with E-state index in [9.17, 15) is 5.26 Å². The highest BCUT2D eigenvalue weighted by Crippen LogP contribution is 2.40. The van der Waals surface area contributed by atoms with Crippen LogP contribution in [0.15, 0.2) is 18.2 Å². The summed E-state index contributed by atoms with van der Waals surface area (Å²) in [4.78, 5) is 0. The van der Waals surface area contributed by atoms with E-state index in [1.54, 1.807) is 14.2 Å². The maximum atomic E-state index is 10.0. The van der Waals surface area contributed by atoms with Crippen molar-refractivity contribution in [3.63, 3.8) is 0 Å². The Morgan fingerprint density at radius 3 is 2.33 bits per heavy atom. The summed E-state index contributed by atoms with van der Waals surface area (Å²) in [7, 11) is 3.25. The van der Waals surface area contributed by atoms with Crippen molar-refractivity contribution in [1.29, 1.82) is 5.26 Å². The number of hydrogen-bond donors (Lipinski definition) is 1. The van der Waals surface area contributed by atoms with Gasteiger partial charge >= 0.3 is 0 Å². The summed E-state index contributed by atoms with van der Waals surface area (Å²) in [5.74, 6) is 1.58. The summed E-state index contributed by atoms with van der Waals surface area (Å²) in [5.41, 5.74) is 0.484. The van der Waals surface area contributed by atoms with Crippen LogP contribution < -0.4 is 14.8 Å². The zero-order chi connectivity index (χ0) is 18.2. The average molecular weight is 332 g/mol. The summed E-state index contributed by atoms with van der Waals surface area (Å²) in [6.07, 6.45) is 2.90. The molecule has 0 aliphatic heterocycles. The molecule has 0 saturated heterocycles.